The molecule has 3 nitrogen and oxygen atoms in total. The van der Waals surface area contributed by atoms with Crippen molar-refractivity contribution in [3.8, 4) is 5.75 Å². The molecular weight excluding hydrogens is 292 g/mol. The van der Waals surface area contributed by atoms with Crippen molar-refractivity contribution >= 4 is 22.9 Å². The minimum absolute atomic E-state index is 0.0702. The second kappa shape index (κ2) is 6.57. The van der Waals surface area contributed by atoms with Crippen LogP contribution in [0.25, 0.3) is 0 Å². The van der Waals surface area contributed by atoms with E-state index in [2.05, 4.69) is 24.1 Å². The highest BCUT2D eigenvalue weighted by Crippen LogP contribution is 2.32. The first-order valence-electron chi connectivity index (χ1n) is 6.57. The number of hydrogen-bond donors (Lipinski definition) is 1. The summed E-state index contributed by atoms with van der Waals surface area (Å²) in [5.74, 6) is 0.692. The number of aryl methyl sites for hydroxylation is 2. The summed E-state index contributed by atoms with van der Waals surface area (Å²) >= 11 is 7.95. The lowest BCUT2D eigenvalue weighted by Crippen LogP contribution is -2.21. The van der Waals surface area contributed by atoms with E-state index in [1.165, 1.54) is 4.88 Å². The van der Waals surface area contributed by atoms with Gasteiger partial charge < -0.3 is 10.1 Å². The van der Waals surface area contributed by atoms with Crippen molar-refractivity contribution in [1.82, 2.24) is 10.3 Å². The maximum Gasteiger partial charge on any atom is 0.137 e. The predicted molar refractivity (Wildman–Crippen MR) is 85.1 cm³/mol. The Morgan fingerprint density at radius 2 is 2.15 bits per heavy atom. The van der Waals surface area contributed by atoms with E-state index >= 15 is 0 Å². The Morgan fingerprint density at radius 1 is 1.40 bits per heavy atom. The predicted octanol–water partition coefficient (Wildman–Crippen LogP) is 4.12. The number of benzene rings is 1. The summed E-state index contributed by atoms with van der Waals surface area (Å²) in [5, 5.41) is 5.16. The lowest BCUT2D eigenvalue weighted by molar-refractivity contribution is 0.414. The standard InChI is InChI=1S/C15H19ClN2OS/c1-5-17-14(15-18-9(2)10(3)20-15)11-6-7-13(19-4)12(16)8-11/h6-8,14,17H,5H2,1-4H3. The molecule has 0 aliphatic carbocycles. The summed E-state index contributed by atoms with van der Waals surface area (Å²) in [6.45, 7) is 7.09. The second-order valence-corrected chi connectivity index (χ2v) is 6.22. The van der Waals surface area contributed by atoms with Gasteiger partial charge in [-0.15, -0.1) is 11.3 Å². The van der Waals surface area contributed by atoms with Crippen LogP contribution in [0.5, 0.6) is 5.75 Å². The third-order valence-corrected chi connectivity index (χ3v) is 4.64. The quantitative estimate of drug-likeness (QED) is 0.902. The van der Waals surface area contributed by atoms with Gasteiger partial charge in [0.15, 0.2) is 0 Å². The van der Waals surface area contributed by atoms with Crippen LogP contribution in [-0.4, -0.2) is 18.6 Å². The molecule has 20 heavy (non-hydrogen) atoms. The molecule has 1 aromatic carbocycles. The molecule has 0 saturated heterocycles. The first-order valence-corrected chi connectivity index (χ1v) is 7.77. The third kappa shape index (κ3) is 3.14. The molecule has 0 aliphatic rings. The van der Waals surface area contributed by atoms with Crippen molar-refractivity contribution in [2.45, 2.75) is 26.8 Å². The normalized spacial score (nSPS) is 12.4. The maximum absolute atomic E-state index is 6.23. The smallest absolute Gasteiger partial charge is 0.137 e. The highest BCUT2D eigenvalue weighted by molar-refractivity contribution is 7.11. The summed E-state index contributed by atoms with van der Waals surface area (Å²) in [7, 11) is 1.62. The van der Waals surface area contributed by atoms with E-state index in [-0.39, 0.29) is 6.04 Å². The molecule has 5 heteroatoms. The fraction of sp³-hybridized carbons (Fsp3) is 0.400. The van der Waals surface area contributed by atoms with Gasteiger partial charge in [0.1, 0.15) is 10.8 Å². The van der Waals surface area contributed by atoms with Gasteiger partial charge in [0.05, 0.1) is 23.9 Å². The number of nitrogens with zero attached hydrogens (tertiary/aromatic N) is 1. The number of thiazole rings is 1. The molecule has 1 unspecified atom stereocenters. The second-order valence-electron chi connectivity index (χ2n) is 4.58. The zero-order valence-electron chi connectivity index (χ0n) is 12.2. The first kappa shape index (κ1) is 15.3. The van der Waals surface area contributed by atoms with Crippen LogP contribution in [0.1, 0.15) is 34.1 Å². The molecule has 0 amide bonds. The zero-order chi connectivity index (χ0) is 14.7. The first-order chi connectivity index (χ1) is 9.56. The van der Waals surface area contributed by atoms with Crippen molar-refractivity contribution in [2.75, 3.05) is 13.7 Å². The van der Waals surface area contributed by atoms with Gasteiger partial charge >= 0.3 is 0 Å². The molecule has 108 valence electrons. The van der Waals surface area contributed by atoms with Crippen LogP contribution in [0.3, 0.4) is 0 Å². The summed E-state index contributed by atoms with van der Waals surface area (Å²) in [6.07, 6.45) is 0. The summed E-state index contributed by atoms with van der Waals surface area (Å²) in [5.41, 5.74) is 2.19. The Kier molecular flexibility index (Phi) is 5.02. The van der Waals surface area contributed by atoms with Gasteiger partial charge in [0.25, 0.3) is 0 Å². The summed E-state index contributed by atoms with van der Waals surface area (Å²) < 4.78 is 5.20. The molecule has 1 heterocycles. The highest BCUT2D eigenvalue weighted by atomic mass is 35.5. The van der Waals surface area contributed by atoms with Crippen LogP contribution < -0.4 is 10.1 Å². The summed E-state index contributed by atoms with van der Waals surface area (Å²) in [4.78, 5) is 5.91. The molecule has 2 rings (SSSR count). The van der Waals surface area contributed by atoms with E-state index in [0.29, 0.717) is 10.8 Å². The van der Waals surface area contributed by atoms with Gasteiger partial charge in [0.2, 0.25) is 0 Å². The summed E-state index contributed by atoms with van der Waals surface area (Å²) in [6, 6.07) is 5.94. The van der Waals surface area contributed by atoms with Crippen molar-refractivity contribution in [3.63, 3.8) is 0 Å². The van der Waals surface area contributed by atoms with Gasteiger partial charge in [-0.2, -0.15) is 0 Å². The Balaban J connectivity index is 2.40. The van der Waals surface area contributed by atoms with Crippen LogP contribution in [0.15, 0.2) is 18.2 Å². The largest absolute Gasteiger partial charge is 0.495 e. The fourth-order valence-electron chi connectivity index (χ4n) is 2.04. The number of hydrogen-bond acceptors (Lipinski definition) is 4. The Hall–Kier alpha value is -1.10. The average molecular weight is 311 g/mol. The van der Waals surface area contributed by atoms with E-state index in [0.717, 1.165) is 22.8 Å². The van der Waals surface area contributed by atoms with Crippen LogP contribution in [-0.2, 0) is 0 Å². The van der Waals surface area contributed by atoms with Crippen LogP contribution in [0.4, 0.5) is 0 Å². The van der Waals surface area contributed by atoms with Gasteiger partial charge in [-0.3, -0.25) is 0 Å². The molecule has 0 fully saturated rings. The van der Waals surface area contributed by atoms with Crippen LogP contribution >= 0.6 is 22.9 Å². The average Bonchev–Trinajstić information content (AvgIpc) is 2.75. The van der Waals surface area contributed by atoms with Gasteiger partial charge in [-0.05, 0) is 38.1 Å². The van der Waals surface area contributed by atoms with Gasteiger partial charge in [0, 0.05) is 4.88 Å². The molecule has 1 atom stereocenters. The van der Waals surface area contributed by atoms with Crippen molar-refractivity contribution < 1.29 is 4.74 Å². The van der Waals surface area contributed by atoms with E-state index < -0.39 is 0 Å². The Morgan fingerprint density at radius 3 is 2.65 bits per heavy atom. The Labute approximate surface area is 129 Å². The number of nitrogens with one attached hydrogen (secondary N) is 1. The molecule has 0 bridgehead atoms. The maximum atomic E-state index is 6.23. The molecular formula is C15H19ClN2OS. The molecule has 0 spiro atoms. The molecule has 0 radical (unpaired) electrons. The molecule has 1 aromatic heterocycles. The molecule has 2 aromatic rings. The van der Waals surface area contributed by atoms with E-state index in [1.54, 1.807) is 18.4 Å². The highest BCUT2D eigenvalue weighted by Gasteiger charge is 2.19. The van der Waals surface area contributed by atoms with Crippen LogP contribution in [0, 0.1) is 13.8 Å². The monoisotopic (exact) mass is 310 g/mol. The van der Waals surface area contributed by atoms with Crippen molar-refractivity contribution in [2.24, 2.45) is 0 Å². The fourth-order valence-corrected chi connectivity index (χ4v) is 3.33. The lowest BCUT2D eigenvalue weighted by atomic mass is 10.1. The van der Waals surface area contributed by atoms with Gasteiger partial charge in [-0.25, -0.2) is 4.98 Å². The molecule has 0 aliphatic heterocycles. The van der Waals surface area contributed by atoms with Crippen LogP contribution in [0.2, 0.25) is 5.02 Å². The third-order valence-electron chi connectivity index (χ3n) is 3.21. The number of methoxy groups -OCH3 is 1. The van der Waals surface area contributed by atoms with E-state index in [9.17, 15) is 0 Å². The van der Waals surface area contributed by atoms with Crippen molar-refractivity contribution in [1.29, 1.82) is 0 Å². The lowest BCUT2D eigenvalue weighted by Gasteiger charge is -2.17. The number of rotatable bonds is 5. The van der Waals surface area contributed by atoms with E-state index in [1.807, 2.05) is 25.1 Å². The van der Waals surface area contributed by atoms with Gasteiger partial charge in [-0.1, -0.05) is 24.6 Å². The topological polar surface area (TPSA) is 34.1 Å². The Bertz CT molecular complexity index is 578. The minimum atomic E-state index is 0.0702. The zero-order valence-corrected chi connectivity index (χ0v) is 13.7. The number of ether oxygens (including phenoxy) is 1. The SMILES string of the molecule is CCNC(c1ccc(OC)c(Cl)c1)c1nc(C)c(C)s1. The minimum Gasteiger partial charge on any atom is -0.495 e. The molecule has 1 N–H and O–H groups in total. The van der Waals surface area contributed by atoms with Crippen molar-refractivity contribution in [3.05, 3.63) is 44.4 Å². The number of aromatic nitrogens is 1. The number of halogens is 1. The van der Waals surface area contributed by atoms with E-state index in [4.69, 9.17) is 16.3 Å². The molecule has 0 saturated carbocycles.